The van der Waals surface area contributed by atoms with E-state index in [-0.39, 0.29) is 11.5 Å². The van der Waals surface area contributed by atoms with Crippen LogP contribution in [0.2, 0.25) is 5.02 Å². The van der Waals surface area contributed by atoms with Crippen molar-refractivity contribution in [2.45, 2.75) is 40.2 Å². The standard InChI is InChI=1S/C17H22ClN3O2/c1-4-7-21(16(22)8-11(2)3)10-15-19-14-9-12(18)5-6-13(14)17(23)20-15/h5-6,9,11H,4,7-8,10H2,1-3H3,(H,19,20,23). The van der Waals surface area contributed by atoms with Crippen LogP contribution in [0, 0.1) is 5.92 Å². The normalized spacial score (nSPS) is 11.2. The number of aromatic nitrogens is 2. The SMILES string of the molecule is CCCN(Cc1nc2cc(Cl)ccc2c(=O)[nH]1)C(=O)CC(C)C. The maximum atomic E-state index is 12.3. The van der Waals surface area contributed by atoms with E-state index in [9.17, 15) is 9.59 Å². The molecule has 0 radical (unpaired) electrons. The summed E-state index contributed by atoms with van der Waals surface area (Å²) in [4.78, 5) is 33.4. The summed E-state index contributed by atoms with van der Waals surface area (Å²) < 4.78 is 0. The molecule has 0 saturated heterocycles. The van der Waals surface area contributed by atoms with Crippen LogP contribution in [0.5, 0.6) is 0 Å². The molecule has 1 aromatic heterocycles. The van der Waals surface area contributed by atoms with Gasteiger partial charge in [-0.2, -0.15) is 0 Å². The van der Waals surface area contributed by atoms with Gasteiger partial charge < -0.3 is 9.88 Å². The Labute approximate surface area is 140 Å². The van der Waals surface area contributed by atoms with E-state index in [1.807, 2.05) is 20.8 Å². The lowest BCUT2D eigenvalue weighted by Crippen LogP contribution is -2.33. The maximum Gasteiger partial charge on any atom is 0.258 e. The number of H-pyrrole nitrogens is 1. The second-order valence-electron chi connectivity index (χ2n) is 6.09. The highest BCUT2D eigenvalue weighted by atomic mass is 35.5. The fourth-order valence-corrected chi connectivity index (χ4v) is 2.62. The van der Waals surface area contributed by atoms with Crippen molar-refractivity contribution in [1.29, 1.82) is 0 Å². The second-order valence-corrected chi connectivity index (χ2v) is 6.52. The molecule has 0 aliphatic heterocycles. The Morgan fingerprint density at radius 1 is 1.39 bits per heavy atom. The molecule has 124 valence electrons. The number of benzene rings is 1. The van der Waals surface area contributed by atoms with Crippen molar-refractivity contribution < 1.29 is 4.79 Å². The predicted molar refractivity (Wildman–Crippen MR) is 92.5 cm³/mol. The largest absolute Gasteiger partial charge is 0.335 e. The lowest BCUT2D eigenvalue weighted by Gasteiger charge is -2.22. The van der Waals surface area contributed by atoms with Crippen LogP contribution < -0.4 is 5.56 Å². The zero-order valence-corrected chi connectivity index (χ0v) is 14.5. The molecule has 0 fully saturated rings. The number of aromatic amines is 1. The molecular weight excluding hydrogens is 314 g/mol. The summed E-state index contributed by atoms with van der Waals surface area (Å²) in [5, 5.41) is 1.02. The van der Waals surface area contributed by atoms with Crippen molar-refractivity contribution in [1.82, 2.24) is 14.9 Å². The Morgan fingerprint density at radius 2 is 2.13 bits per heavy atom. The summed E-state index contributed by atoms with van der Waals surface area (Å²) in [5.41, 5.74) is 0.332. The third-order valence-corrected chi connectivity index (χ3v) is 3.72. The van der Waals surface area contributed by atoms with E-state index in [1.54, 1.807) is 23.1 Å². The third kappa shape index (κ3) is 4.55. The number of hydrogen-bond acceptors (Lipinski definition) is 3. The summed E-state index contributed by atoms with van der Waals surface area (Å²) in [5.74, 6) is 0.857. The highest BCUT2D eigenvalue weighted by Gasteiger charge is 2.16. The predicted octanol–water partition coefficient (Wildman–Crippen LogP) is 3.36. The molecule has 0 unspecified atom stereocenters. The molecule has 2 rings (SSSR count). The summed E-state index contributed by atoms with van der Waals surface area (Å²) >= 11 is 5.97. The fraction of sp³-hybridized carbons (Fsp3) is 0.471. The average molecular weight is 336 g/mol. The van der Waals surface area contributed by atoms with Crippen LogP contribution >= 0.6 is 11.6 Å². The van der Waals surface area contributed by atoms with Gasteiger partial charge in [-0.05, 0) is 30.5 Å². The molecule has 0 spiro atoms. The molecular formula is C17H22ClN3O2. The first kappa shape index (κ1) is 17.5. The Balaban J connectivity index is 2.30. The van der Waals surface area contributed by atoms with E-state index in [0.29, 0.717) is 47.2 Å². The molecule has 0 bridgehead atoms. The van der Waals surface area contributed by atoms with Crippen molar-refractivity contribution in [2.75, 3.05) is 6.54 Å². The first-order valence-corrected chi connectivity index (χ1v) is 8.24. The van der Waals surface area contributed by atoms with Crippen LogP contribution in [-0.2, 0) is 11.3 Å². The van der Waals surface area contributed by atoms with Gasteiger partial charge in [-0.1, -0.05) is 32.4 Å². The fourth-order valence-electron chi connectivity index (χ4n) is 2.46. The van der Waals surface area contributed by atoms with E-state index < -0.39 is 0 Å². The van der Waals surface area contributed by atoms with Gasteiger partial charge in [-0.3, -0.25) is 9.59 Å². The molecule has 0 saturated carbocycles. The number of hydrogen-bond donors (Lipinski definition) is 1. The zero-order valence-electron chi connectivity index (χ0n) is 13.7. The number of nitrogens with zero attached hydrogens (tertiary/aromatic N) is 2. The van der Waals surface area contributed by atoms with Crippen molar-refractivity contribution >= 4 is 28.4 Å². The van der Waals surface area contributed by atoms with Gasteiger partial charge in [0.25, 0.3) is 5.56 Å². The molecule has 1 heterocycles. The summed E-state index contributed by atoms with van der Waals surface area (Å²) in [7, 11) is 0. The van der Waals surface area contributed by atoms with E-state index in [1.165, 1.54) is 0 Å². The first-order valence-electron chi connectivity index (χ1n) is 7.87. The average Bonchev–Trinajstić information content (AvgIpc) is 2.45. The minimum atomic E-state index is -0.213. The van der Waals surface area contributed by atoms with Crippen LogP contribution in [0.15, 0.2) is 23.0 Å². The minimum absolute atomic E-state index is 0.0793. The van der Waals surface area contributed by atoms with Gasteiger partial charge in [0, 0.05) is 18.0 Å². The molecule has 6 heteroatoms. The zero-order chi connectivity index (χ0) is 17.0. The smallest absolute Gasteiger partial charge is 0.258 e. The number of carbonyl (C=O) groups is 1. The molecule has 1 amide bonds. The van der Waals surface area contributed by atoms with Gasteiger partial charge >= 0.3 is 0 Å². The number of carbonyl (C=O) groups excluding carboxylic acids is 1. The molecule has 23 heavy (non-hydrogen) atoms. The Hall–Kier alpha value is -1.88. The van der Waals surface area contributed by atoms with Gasteiger partial charge in [0.1, 0.15) is 5.82 Å². The lowest BCUT2D eigenvalue weighted by molar-refractivity contribution is -0.132. The molecule has 1 aromatic carbocycles. The van der Waals surface area contributed by atoms with Crippen LogP contribution in [-0.4, -0.2) is 27.3 Å². The maximum absolute atomic E-state index is 12.3. The highest BCUT2D eigenvalue weighted by Crippen LogP contribution is 2.15. The van der Waals surface area contributed by atoms with Crippen molar-refractivity contribution in [3.8, 4) is 0 Å². The Morgan fingerprint density at radius 3 is 2.78 bits per heavy atom. The van der Waals surface area contributed by atoms with Crippen molar-refractivity contribution in [2.24, 2.45) is 5.92 Å². The quantitative estimate of drug-likeness (QED) is 0.880. The highest BCUT2D eigenvalue weighted by molar-refractivity contribution is 6.31. The van der Waals surface area contributed by atoms with E-state index in [0.717, 1.165) is 6.42 Å². The van der Waals surface area contributed by atoms with Gasteiger partial charge in [0.05, 0.1) is 17.4 Å². The van der Waals surface area contributed by atoms with Gasteiger partial charge in [-0.15, -0.1) is 0 Å². The lowest BCUT2D eigenvalue weighted by atomic mass is 10.1. The number of amides is 1. The van der Waals surface area contributed by atoms with E-state index in [4.69, 9.17) is 11.6 Å². The van der Waals surface area contributed by atoms with Crippen LogP contribution in [0.3, 0.4) is 0 Å². The molecule has 5 nitrogen and oxygen atoms in total. The van der Waals surface area contributed by atoms with E-state index in [2.05, 4.69) is 9.97 Å². The molecule has 2 aromatic rings. The topological polar surface area (TPSA) is 66.1 Å². The molecule has 0 aliphatic rings. The van der Waals surface area contributed by atoms with Gasteiger partial charge in [-0.25, -0.2) is 4.98 Å². The van der Waals surface area contributed by atoms with Gasteiger partial charge in [0.15, 0.2) is 0 Å². The molecule has 1 N–H and O–H groups in total. The van der Waals surface area contributed by atoms with Crippen LogP contribution in [0.25, 0.3) is 10.9 Å². The Kier molecular flexibility index (Phi) is 5.77. The van der Waals surface area contributed by atoms with Crippen LogP contribution in [0.1, 0.15) is 39.4 Å². The van der Waals surface area contributed by atoms with Crippen LogP contribution in [0.4, 0.5) is 0 Å². The molecule has 0 atom stereocenters. The van der Waals surface area contributed by atoms with E-state index >= 15 is 0 Å². The number of rotatable bonds is 6. The van der Waals surface area contributed by atoms with Crippen molar-refractivity contribution in [3.05, 3.63) is 39.4 Å². The number of nitrogens with one attached hydrogen (secondary N) is 1. The minimum Gasteiger partial charge on any atom is -0.335 e. The number of fused-ring (bicyclic) bond motifs is 1. The van der Waals surface area contributed by atoms with Gasteiger partial charge in [0.2, 0.25) is 5.91 Å². The number of halogens is 1. The summed E-state index contributed by atoms with van der Waals surface area (Å²) in [6.45, 7) is 6.99. The summed E-state index contributed by atoms with van der Waals surface area (Å²) in [6, 6.07) is 4.98. The third-order valence-electron chi connectivity index (χ3n) is 3.49. The summed E-state index contributed by atoms with van der Waals surface area (Å²) in [6.07, 6.45) is 1.34. The second kappa shape index (κ2) is 7.59. The Bertz CT molecular complexity index is 755. The van der Waals surface area contributed by atoms with Crippen molar-refractivity contribution in [3.63, 3.8) is 0 Å². The molecule has 0 aliphatic carbocycles. The monoisotopic (exact) mass is 335 g/mol. The first-order chi connectivity index (χ1) is 10.9.